The summed E-state index contributed by atoms with van der Waals surface area (Å²) in [4.78, 5) is 10.2. The van der Waals surface area contributed by atoms with Crippen molar-refractivity contribution in [3.8, 4) is 0 Å². The van der Waals surface area contributed by atoms with Crippen LogP contribution in [0, 0.1) is 5.92 Å². The van der Waals surface area contributed by atoms with Gasteiger partial charge in [-0.25, -0.2) is 0 Å². The first kappa shape index (κ1) is 10.3. The molecular weight excluding hydrogens is 166 g/mol. The van der Waals surface area contributed by atoms with Crippen molar-refractivity contribution >= 4 is 5.97 Å². The molecule has 0 aromatic heterocycles. The molecule has 3 heteroatoms. The summed E-state index contributed by atoms with van der Waals surface area (Å²) in [7, 11) is 0. The van der Waals surface area contributed by atoms with Crippen LogP contribution < -0.4 is 5.73 Å². The Morgan fingerprint density at radius 3 is 2.92 bits per heavy atom. The fraction of sp³-hybridized carbons (Fsp3) is 0.700. The summed E-state index contributed by atoms with van der Waals surface area (Å²) in [5.74, 6) is -0.264. The van der Waals surface area contributed by atoms with Gasteiger partial charge >= 0.3 is 5.97 Å². The van der Waals surface area contributed by atoms with Crippen molar-refractivity contribution in [2.75, 3.05) is 0 Å². The van der Waals surface area contributed by atoms with Crippen LogP contribution in [-0.4, -0.2) is 17.1 Å². The maximum Gasteiger partial charge on any atom is 0.307 e. The van der Waals surface area contributed by atoms with Crippen molar-refractivity contribution < 1.29 is 9.90 Å². The van der Waals surface area contributed by atoms with Crippen LogP contribution in [0.3, 0.4) is 0 Å². The van der Waals surface area contributed by atoms with Gasteiger partial charge in [-0.05, 0) is 25.2 Å². The van der Waals surface area contributed by atoms with Gasteiger partial charge in [0.1, 0.15) is 0 Å². The zero-order valence-corrected chi connectivity index (χ0v) is 7.78. The smallest absolute Gasteiger partial charge is 0.307 e. The number of carboxylic acids is 1. The Hall–Kier alpha value is -0.830. The molecule has 3 N–H and O–H groups in total. The lowest BCUT2D eigenvalue weighted by atomic mass is 9.86. The third-order valence-electron chi connectivity index (χ3n) is 2.46. The number of hydrogen-bond donors (Lipinski definition) is 2. The van der Waals surface area contributed by atoms with E-state index in [2.05, 4.69) is 0 Å². The second-order valence-electron chi connectivity index (χ2n) is 3.71. The minimum Gasteiger partial charge on any atom is -0.481 e. The first-order chi connectivity index (χ1) is 6.18. The number of aliphatic carboxylic acids is 1. The molecule has 13 heavy (non-hydrogen) atoms. The van der Waals surface area contributed by atoms with Crippen LogP contribution in [0.15, 0.2) is 12.2 Å². The Labute approximate surface area is 78.6 Å². The minimum absolute atomic E-state index is 0.131. The van der Waals surface area contributed by atoms with E-state index in [1.165, 1.54) is 6.42 Å². The van der Waals surface area contributed by atoms with Crippen molar-refractivity contribution in [3.05, 3.63) is 12.2 Å². The molecule has 0 aromatic rings. The highest BCUT2D eigenvalue weighted by Crippen LogP contribution is 2.23. The van der Waals surface area contributed by atoms with Crippen LogP contribution in [0.5, 0.6) is 0 Å². The van der Waals surface area contributed by atoms with E-state index in [9.17, 15) is 4.79 Å². The molecule has 2 unspecified atom stereocenters. The molecule has 2 atom stereocenters. The number of carboxylic acid groups (broad SMARTS) is 1. The maximum atomic E-state index is 10.2. The second-order valence-corrected chi connectivity index (χ2v) is 3.71. The lowest BCUT2D eigenvalue weighted by molar-refractivity contribution is -0.136. The Bertz CT molecular complexity index is 201. The van der Waals surface area contributed by atoms with Crippen molar-refractivity contribution in [1.29, 1.82) is 0 Å². The van der Waals surface area contributed by atoms with Gasteiger partial charge in [0.15, 0.2) is 0 Å². The molecule has 0 bridgehead atoms. The van der Waals surface area contributed by atoms with Gasteiger partial charge in [-0.15, -0.1) is 0 Å². The highest BCUT2D eigenvalue weighted by atomic mass is 16.4. The topological polar surface area (TPSA) is 63.3 Å². The Morgan fingerprint density at radius 2 is 2.31 bits per heavy atom. The molecule has 1 aliphatic rings. The van der Waals surface area contributed by atoms with E-state index in [4.69, 9.17) is 10.8 Å². The lowest BCUT2D eigenvalue weighted by Crippen LogP contribution is -2.26. The van der Waals surface area contributed by atoms with E-state index in [-0.39, 0.29) is 6.42 Å². The molecule has 0 aromatic carbocycles. The maximum absolute atomic E-state index is 10.2. The van der Waals surface area contributed by atoms with Crippen molar-refractivity contribution in [2.45, 2.75) is 38.1 Å². The molecule has 74 valence electrons. The summed E-state index contributed by atoms with van der Waals surface area (Å²) in [5.41, 5.74) is 5.81. The van der Waals surface area contributed by atoms with Crippen molar-refractivity contribution in [1.82, 2.24) is 0 Å². The Morgan fingerprint density at radius 1 is 1.54 bits per heavy atom. The van der Waals surface area contributed by atoms with Crippen LogP contribution in [0.1, 0.15) is 32.1 Å². The van der Waals surface area contributed by atoms with E-state index in [1.807, 2.05) is 6.08 Å². The van der Waals surface area contributed by atoms with E-state index in [0.29, 0.717) is 12.0 Å². The molecule has 0 amide bonds. The van der Waals surface area contributed by atoms with Crippen LogP contribution in [0.25, 0.3) is 0 Å². The van der Waals surface area contributed by atoms with E-state index >= 15 is 0 Å². The molecule has 1 aliphatic carbocycles. The molecular formula is C10H17NO2. The standard InChI is InChI=1S/C10H17NO2/c11-9-5-1-3-8(7-9)4-2-6-10(12)13/h2,4,8-9H,1,3,5-7,11H2,(H,12,13)/b4-2+. The third-order valence-corrected chi connectivity index (χ3v) is 2.46. The normalized spacial score (nSPS) is 29.3. The number of rotatable bonds is 3. The summed E-state index contributed by atoms with van der Waals surface area (Å²) in [6.45, 7) is 0. The summed E-state index contributed by atoms with van der Waals surface area (Å²) in [6.07, 6.45) is 8.33. The third kappa shape index (κ3) is 4.08. The quantitative estimate of drug-likeness (QED) is 0.652. The summed E-state index contributed by atoms with van der Waals surface area (Å²) < 4.78 is 0. The molecule has 0 saturated heterocycles. The number of nitrogens with two attached hydrogens (primary N) is 1. The monoisotopic (exact) mass is 183 g/mol. The molecule has 1 fully saturated rings. The SMILES string of the molecule is NC1CCCC(/C=C/CC(=O)O)C1. The zero-order chi connectivity index (χ0) is 9.68. The minimum atomic E-state index is -0.767. The van der Waals surface area contributed by atoms with E-state index < -0.39 is 5.97 Å². The van der Waals surface area contributed by atoms with Gasteiger partial charge in [-0.2, -0.15) is 0 Å². The zero-order valence-electron chi connectivity index (χ0n) is 7.78. The van der Waals surface area contributed by atoms with Crippen molar-refractivity contribution in [2.24, 2.45) is 11.7 Å². The fourth-order valence-electron chi connectivity index (χ4n) is 1.80. The predicted molar refractivity (Wildman–Crippen MR) is 51.3 cm³/mol. The molecule has 0 spiro atoms. The van der Waals surface area contributed by atoms with E-state index in [0.717, 1.165) is 19.3 Å². The molecule has 0 radical (unpaired) electrons. The van der Waals surface area contributed by atoms with Crippen LogP contribution in [-0.2, 0) is 4.79 Å². The van der Waals surface area contributed by atoms with Crippen LogP contribution in [0.4, 0.5) is 0 Å². The highest BCUT2D eigenvalue weighted by molar-refractivity contribution is 5.68. The van der Waals surface area contributed by atoms with Gasteiger partial charge in [0.05, 0.1) is 6.42 Å². The van der Waals surface area contributed by atoms with Gasteiger partial charge in [0.2, 0.25) is 0 Å². The lowest BCUT2D eigenvalue weighted by Gasteiger charge is -2.23. The van der Waals surface area contributed by atoms with Crippen LogP contribution in [0.2, 0.25) is 0 Å². The van der Waals surface area contributed by atoms with Crippen LogP contribution >= 0.6 is 0 Å². The fourth-order valence-corrected chi connectivity index (χ4v) is 1.80. The molecule has 1 rings (SSSR count). The second kappa shape index (κ2) is 5.02. The van der Waals surface area contributed by atoms with Crippen molar-refractivity contribution in [3.63, 3.8) is 0 Å². The summed E-state index contributed by atoms with van der Waals surface area (Å²) >= 11 is 0. The predicted octanol–water partition coefficient (Wildman–Crippen LogP) is 1.53. The highest BCUT2D eigenvalue weighted by Gasteiger charge is 2.16. The van der Waals surface area contributed by atoms with E-state index in [1.54, 1.807) is 6.08 Å². The molecule has 1 saturated carbocycles. The number of carbonyl (C=O) groups is 1. The molecule has 0 aliphatic heterocycles. The summed E-state index contributed by atoms with van der Waals surface area (Å²) in [6, 6.07) is 0.313. The largest absolute Gasteiger partial charge is 0.481 e. The average molecular weight is 183 g/mol. The number of hydrogen-bond acceptors (Lipinski definition) is 2. The molecule has 3 nitrogen and oxygen atoms in total. The Kier molecular flexibility index (Phi) is 3.96. The summed E-state index contributed by atoms with van der Waals surface area (Å²) in [5, 5.41) is 8.42. The van der Waals surface area contributed by atoms with Gasteiger partial charge in [0.25, 0.3) is 0 Å². The first-order valence-electron chi connectivity index (χ1n) is 4.82. The number of allylic oxidation sites excluding steroid dienone is 1. The first-order valence-corrected chi connectivity index (χ1v) is 4.82. The van der Waals surface area contributed by atoms with Gasteiger partial charge in [-0.1, -0.05) is 18.6 Å². The van der Waals surface area contributed by atoms with Gasteiger partial charge in [0, 0.05) is 6.04 Å². The van der Waals surface area contributed by atoms with Gasteiger partial charge in [-0.3, -0.25) is 4.79 Å². The van der Waals surface area contributed by atoms with Gasteiger partial charge < -0.3 is 10.8 Å². The molecule has 0 heterocycles. The Balaban J connectivity index is 2.27. The average Bonchev–Trinajstić information content (AvgIpc) is 2.03.